The van der Waals surface area contributed by atoms with Gasteiger partial charge < -0.3 is 10.6 Å². The highest BCUT2D eigenvalue weighted by molar-refractivity contribution is 5.79. The predicted molar refractivity (Wildman–Crippen MR) is 105 cm³/mol. The van der Waals surface area contributed by atoms with Crippen LogP contribution in [-0.4, -0.2) is 22.3 Å². The van der Waals surface area contributed by atoms with Crippen molar-refractivity contribution >= 4 is 5.96 Å². The Morgan fingerprint density at radius 3 is 2.60 bits per heavy atom. The summed E-state index contributed by atoms with van der Waals surface area (Å²) < 4.78 is 2.01. The van der Waals surface area contributed by atoms with Gasteiger partial charge in [0.15, 0.2) is 5.96 Å². The average Bonchev–Trinajstić information content (AvgIpc) is 2.92. The van der Waals surface area contributed by atoms with Crippen molar-refractivity contribution in [2.24, 2.45) is 12.0 Å². The van der Waals surface area contributed by atoms with Crippen molar-refractivity contribution in [3.8, 4) is 0 Å². The lowest BCUT2D eigenvalue weighted by molar-refractivity contribution is 0.702. The first kappa shape index (κ1) is 19.0. The zero-order chi connectivity index (χ0) is 18.2. The average molecular weight is 342 g/mol. The number of benzene rings is 1. The van der Waals surface area contributed by atoms with E-state index in [9.17, 15) is 0 Å². The molecule has 0 aliphatic rings. The van der Waals surface area contributed by atoms with Gasteiger partial charge in [0, 0.05) is 31.4 Å². The largest absolute Gasteiger partial charge is 0.357 e. The minimum Gasteiger partial charge on any atom is -0.357 e. The number of aliphatic imine (C=N–C) groups is 1. The Labute approximate surface area is 151 Å². The lowest BCUT2D eigenvalue weighted by atomic mass is 10.1. The molecule has 0 aliphatic carbocycles. The van der Waals surface area contributed by atoms with Gasteiger partial charge in [-0.1, -0.05) is 43.7 Å². The first-order valence-electron chi connectivity index (χ1n) is 9.20. The molecule has 5 nitrogen and oxygen atoms in total. The Hall–Kier alpha value is -2.30. The monoisotopic (exact) mass is 341 g/mol. The molecule has 0 fully saturated rings. The zero-order valence-corrected chi connectivity index (χ0v) is 16.2. The van der Waals surface area contributed by atoms with Crippen LogP contribution in [0.3, 0.4) is 0 Å². The smallest absolute Gasteiger partial charge is 0.191 e. The van der Waals surface area contributed by atoms with Gasteiger partial charge in [0.2, 0.25) is 0 Å². The summed E-state index contributed by atoms with van der Waals surface area (Å²) in [5, 5.41) is 11.4. The summed E-state index contributed by atoms with van der Waals surface area (Å²) in [7, 11) is 2.03. The van der Waals surface area contributed by atoms with Crippen LogP contribution in [0.5, 0.6) is 0 Å². The van der Waals surface area contributed by atoms with E-state index < -0.39 is 0 Å². The maximum Gasteiger partial charge on any atom is 0.191 e. The number of hydrogen-bond donors (Lipinski definition) is 2. The molecule has 2 aromatic rings. The maximum atomic E-state index is 4.72. The number of aromatic nitrogens is 2. The van der Waals surface area contributed by atoms with E-state index in [1.165, 1.54) is 28.1 Å². The second-order valence-corrected chi connectivity index (χ2v) is 6.24. The molecule has 2 rings (SSSR count). The fourth-order valence-corrected chi connectivity index (χ4v) is 3.09. The highest BCUT2D eigenvalue weighted by Gasteiger charge is 2.13. The fraction of sp³-hybridized carbons (Fsp3) is 0.500. The minimum atomic E-state index is 0.672. The van der Waals surface area contributed by atoms with E-state index in [2.05, 4.69) is 67.7 Å². The highest BCUT2D eigenvalue weighted by Crippen LogP contribution is 2.15. The zero-order valence-electron chi connectivity index (χ0n) is 16.2. The van der Waals surface area contributed by atoms with Crippen LogP contribution >= 0.6 is 0 Å². The standard InChI is InChI=1S/C20H31N5/c1-6-18-17(19(7-2)25(5)24-18)14-23-20(21-8-3)22-13-16-11-9-10-15(4)12-16/h9-12H,6-8,13-14H2,1-5H3,(H2,21,22,23). The van der Waals surface area contributed by atoms with E-state index in [1.54, 1.807) is 0 Å². The summed E-state index contributed by atoms with van der Waals surface area (Å²) >= 11 is 0. The molecule has 1 aromatic heterocycles. The second-order valence-electron chi connectivity index (χ2n) is 6.24. The molecule has 2 N–H and O–H groups in total. The number of guanidine groups is 1. The van der Waals surface area contributed by atoms with E-state index in [0.29, 0.717) is 6.54 Å². The van der Waals surface area contributed by atoms with Crippen molar-refractivity contribution in [3.05, 3.63) is 52.3 Å². The summed E-state index contributed by atoms with van der Waals surface area (Å²) in [5.74, 6) is 0.844. The van der Waals surface area contributed by atoms with Gasteiger partial charge >= 0.3 is 0 Å². The second kappa shape index (κ2) is 9.25. The summed E-state index contributed by atoms with van der Waals surface area (Å²) in [5.41, 5.74) is 6.25. The van der Waals surface area contributed by atoms with Gasteiger partial charge in [-0.25, -0.2) is 4.99 Å². The third-order valence-electron chi connectivity index (χ3n) is 4.31. The molecule has 0 aliphatic heterocycles. The number of nitrogens with zero attached hydrogens (tertiary/aromatic N) is 3. The summed E-state index contributed by atoms with van der Waals surface area (Å²) in [6.07, 6.45) is 1.93. The Balaban J connectivity index is 2.10. The molecule has 0 saturated carbocycles. The van der Waals surface area contributed by atoms with Crippen LogP contribution < -0.4 is 10.6 Å². The van der Waals surface area contributed by atoms with Crippen LogP contribution in [-0.2, 0) is 33.0 Å². The van der Waals surface area contributed by atoms with Gasteiger partial charge in [-0.15, -0.1) is 0 Å². The van der Waals surface area contributed by atoms with Crippen molar-refractivity contribution < 1.29 is 0 Å². The molecule has 0 atom stereocenters. The SMILES string of the molecule is CCNC(=NCc1cccc(C)c1)NCc1c(CC)nn(C)c1CC. The van der Waals surface area contributed by atoms with E-state index in [4.69, 9.17) is 4.99 Å². The van der Waals surface area contributed by atoms with Crippen LogP contribution in [0.1, 0.15) is 48.8 Å². The van der Waals surface area contributed by atoms with Crippen molar-refractivity contribution in [3.63, 3.8) is 0 Å². The van der Waals surface area contributed by atoms with Gasteiger partial charge in [-0.2, -0.15) is 5.10 Å². The molecule has 136 valence electrons. The van der Waals surface area contributed by atoms with Crippen molar-refractivity contribution in [1.29, 1.82) is 0 Å². The van der Waals surface area contributed by atoms with E-state index >= 15 is 0 Å². The van der Waals surface area contributed by atoms with E-state index in [-0.39, 0.29) is 0 Å². The van der Waals surface area contributed by atoms with Crippen molar-refractivity contribution in [1.82, 2.24) is 20.4 Å². The van der Waals surface area contributed by atoms with E-state index in [0.717, 1.165) is 31.9 Å². The van der Waals surface area contributed by atoms with Crippen molar-refractivity contribution in [2.45, 2.75) is 53.6 Å². The molecule has 0 saturated heterocycles. The quantitative estimate of drug-likeness (QED) is 0.601. The summed E-state index contributed by atoms with van der Waals surface area (Å²) in [6, 6.07) is 8.49. The van der Waals surface area contributed by atoms with Crippen LogP contribution in [0.4, 0.5) is 0 Å². The Morgan fingerprint density at radius 2 is 1.96 bits per heavy atom. The molecular weight excluding hydrogens is 310 g/mol. The summed E-state index contributed by atoms with van der Waals surface area (Å²) in [6.45, 7) is 10.8. The fourth-order valence-electron chi connectivity index (χ4n) is 3.09. The number of aryl methyl sites for hydroxylation is 3. The molecule has 0 amide bonds. The molecule has 1 aromatic carbocycles. The van der Waals surface area contributed by atoms with Crippen LogP contribution in [0.15, 0.2) is 29.3 Å². The molecule has 0 bridgehead atoms. The van der Waals surface area contributed by atoms with Crippen LogP contribution in [0, 0.1) is 6.92 Å². The number of hydrogen-bond acceptors (Lipinski definition) is 2. The topological polar surface area (TPSA) is 54.2 Å². The van der Waals surface area contributed by atoms with Gasteiger partial charge in [0.25, 0.3) is 0 Å². The molecule has 1 heterocycles. The lowest BCUT2D eigenvalue weighted by Gasteiger charge is -2.12. The van der Waals surface area contributed by atoms with Crippen LogP contribution in [0.25, 0.3) is 0 Å². The number of rotatable bonds is 7. The molecule has 0 unspecified atom stereocenters. The molecular formula is C20H31N5. The van der Waals surface area contributed by atoms with E-state index in [1.807, 2.05) is 11.7 Å². The molecule has 0 spiro atoms. The predicted octanol–water partition coefficient (Wildman–Crippen LogP) is 3.11. The minimum absolute atomic E-state index is 0.672. The normalized spacial score (nSPS) is 11.6. The Morgan fingerprint density at radius 1 is 1.16 bits per heavy atom. The third-order valence-corrected chi connectivity index (χ3v) is 4.31. The molecule has 25 heavy (non-hydrogen) atoms. The van der Waals surface area contributed by atoms with Gasteiger partial charge in [-0.3, -0.25) is 4.68 Å². The highest BCUT2D eigenvalue weighted by atomic mass is 15.3. The summed E-state index contributed by atoms with van der Waals surface area (Å²) in [4.78, 5) is 4.72. The Kier molecular flexibility index (Phi) is 7.04. The first-order chi connectivity index (χ1) is 12.1. The first-order valence-corrected chi connectivity index (χ1v) is 9.20. The van der Waals surface area contributed by atoms with Gasteiger partial charge in [-0.05, 0) is 32.3 Å². The van der Waals surface area contributed by atoms with Gasteiger partial charge in [0.1, 0.15) is 0 Å². The van der Waals surface area contributed by atoms with Crippen molar-refractivity contribution in [2.75, 3.05) is 6.54 Å². The Bertz CT molecular complexity index is 715. The maximum absolute atomic E-state index is 4.72. The number of nitrogens with one attached hydrogen (secondary N) is 2. The molecule has 0 radical (unpaired) electrons. The molecule has 5 heteroatoms. The van der Waals surface area contributed by atoms with Crippen LogP contribution in [0.2, 0.25) is 0 Å². The third kappa shape index (κ3) is 5.08. The van der Waals surface area contributed by atoms with Gasteiger partial charge in [0.05, 0.1) is 12.2 Å². The lowest BCUT2D eigenvalue weighted by Crippen LogP contribution is -2.37.